The van der Waals surface area contributed by atoms with Crippen LogP contribution >= 0.6 is 31.9 Å². The van der Waals surface area contributed by atoms with Crippen molar-refractivity contribution >= 4 is 43.0 Å². The Morgan fingerprint density at radius 3 is 1.62 bits per heavy atom. The second-order valence-corrected chi connectivity index (χ2v) is 5.80. The topological polar surface area (TPSA) is 56.3 Å². The lowest BCUT2D eigenvalue weighted by atomic mass is 10.1. The first-order valence-corrected chi connectivity index (χ1v) is 7.17. The molecule has 1 aliphatic rings. The van der Waals surface area contributed by atoms with Gasteiger partial charge in [0, 0.05) is 8.95 Å². The summed E-state index contributed by atoms with van der Waals surface area (Å²) in [7, 11) is 0. The van der Waals surface area contributed by atoms with Crippen molar-refractivity contribution < 1.29 is 0 Å². The molecule has 98 valence electrons. The molecule has 0 aromatic heterocycles. The van der Waals surface area contributed by atoms with Crippen LogP contribution in [0.15, 0.2) is 32.5 Å². The number of hydrogen-bond donors (Lipinski definition) is 0. The molecule has 21 heavy (non-hydrogen) atoms. The van der Waals surface area contributed by atoms with Crippen LogP contribution in [0, 0.1) is 35.8 Å². The summed E-state index contributed by atoms with van der Waals surface area (Å²) in [5.41, 5.74) is 2.52. The highest BCUT2D eigenvalue weighted by Gasteiger charge is 2.27. The zero-order chi connectivity index (χ0) is 15.6. The highest BCUT2D eigenvalue weighted by Crippen LogP contribution is 2.46. The molecule has 0 radical (unpaired) electrons. The molecule has 4 nitrogen and oxygen atoms in total. The Labute approximate surface area is 138 Å². The third kappa shape index (κ3) is 2.48. The molecule has 0 N–H and O–H groups in total. The first-order valence-electron chi connectivity index (χ1n) is 5.58. The van der Waals surface area contributed by atoms with E-state index in [1.54, 1.807) is 12.1 Å². The van der Waals surface area contributed by atoms with Gasteiger partial charge in [-0.15, -0.1) is 0 Å². The van der Waals surface area contributed by atoms with E-state index in [2.05, 4.69) is 41.5 Å². The number of hydrogen-bond acceptors (Lipinski definition) is 2. The molecule has 0 saturated carbocycles. The number of fused-ring (bicyclic) bond motifs is 1. The van der Waals surface area contributed by atoms with Crippen LogP contribution in [0.3, 0.4) is 0 Å². The van der Waals surface area contributed by atoms with Gasteiger partial charge in [-0.1, -0.05) is 0 Å². The molecule has 6 heteroatoms. The summed E-state index contributed by atoms with van der Waals surface area (Å²) in [6.45, 7) is 14.2. The molecular weight excluding hydrogens is 396 g/mol. The van der Waals surface area contributed by atoms with Crippen molar-refractivity contribution in [3.05, 3.63) is 66.4 Å². The summed E-state index contributed by atoms with van der Waals surface area (Å²) in [4.78, 5) is 6.49. The Hall–Kier alpha value is -2.38. The second kappa shape index (κ2) is 5.94. The standard InChI is InChI=1S/C15H4Br2N4/c1-20-14(6-18)10-3-11(15(7-19)21-2)9-5-13(17)12(16)4-8(9)10/h4-5H,3H2/b14-10-,15-11-. The monoisotopic (exact) mass is 398 g/mol. The van der Waals surface area contributed by atoms with Crippen molar-refractivity contribution in [1.82, 2.24) is 0 Å². The van der Waals surface area contributed by atoms with Gasteiger partial charge in [0.2, 0.25) is 0 Å². The van der Waals surface area contributed by atoms with Gasteiger partial charge in [0.15, 0.2) is 0 Å². The number of nitriles is 2. The number of halogens is 2. The third-order valence-electron chi connectivity index (χ3n) is 3.07. The molecular formula is C15H4Br2N4. The van der Waals surface area contributed by atoms with Crippen molar-refractivity contribution in [3.8, 4) is 12.1 Å². The van der Waals surface area contributed by atoms with Crippen LogP contribution < -0.4 is 0 Å². The smallest absolute Gasteiger partial charge is 0.226 e. The largest absolute Gasteiger partial charge is 0.265 e. The maximum Gasteiger partial charge on any atom is 0.265 e. The molecule has 0 fully saturated rings. The Kier molecular flexibility index (Phi) is 4.25. The fourth-order valence-corrected chi connectivity index (χ4v) is 2.84. The minimum atomic E-state index is -0.0113. The Morgan fingerprint density at radius 1 is 0.952 bits per heavy atom. The van der Waals surface area contributed by atoms with Crippen molar-refractivity contribution in [2.75, 3.05) is 0 Å². The van der Waals surface area contributed by atoms with Gasteiger partial charge >= 0.3 is 0 Å². The van der Waals surface area contributed by atoms with Crippen LogP contribution in [-0.2, 0) is 0 Å². The number of benzene rings is 1. The van der Waals surface area contributed by atoms with Gasteiger partial charge in [0.1, 0.15) is 0 Å². The molecule has 1 aliphatic carbocycles. The SMILES string of the molecule is [C-]#[N+]/C(C#N)=C1/C/C(=C(\C#N)[N+]#[C-])c2cc(Br)c(Br)cc21. The Balaban J connectivity index is 2.91. The molecule has 1 aromatic rings. The number of nitrogens with zero attached hydrogens (tertiary/aromatic N) is 4. The highest BCUT2D eigenvalue weighted by molar-refractivity contribution is 9.13. The molecule has 1 aromatic carbocycles. The van der Waals surface area contributed by atoms with E-state index >= 15 is 0 Å². The molecule has 0 bridgehead atoms. The first kappa shape index (κ1) is 15.0. The fraction of sp³-hybridized carbons (Fsp3) is 0.0667. The molecule has 0 amide bonds. The van der Waals surface area contributed by atoms with E-state index in [-0.39, 0.29) is 17.8 Å². The highest BCUT2D eigenvalue weighted by atomic mass is 79.9. The zero-order valence-electron chi connectivity index (χ0n) is 10.4. The van der Waals surface area contributed by atoms with E-state index < -0.39 is 0 Å². The third-order valence-corrected chi connectivity index (χ3v) is 4.92. The average Bonchev–Trinajstić information content (AvgIpc) is 2.82. The fourth-order valence-electron chi connectivity index (χ4n) is 2.16. The van der Waals surface area contributed by atoms with Crippen molar-refractivity contribution in [2.45, 2.75) is 6.42 Å². The van der Waals surface area contributed by atoms with E-state index in [0.29, 0.717) is 22.3 Å². The molecule has 2 rings (SSSR count). The number of allylic oxidation sites excluding steroid dienone is 4. The number of rotatable bonds is 0. The summed E-state index contributed by atoms with van der Waals surface area (Å²) >= 11 is 6.78. The first-order chi connectivity index (χ1) is 10.1. The summed E-state index contributed by atoms with van der Waals surface area (Å²) in [6, 6.07) is 7.35. The van der Waals surface area contributed by atoms with Gasteiger partial charge in [-0.3, -0.25) is 0 Å². The minimum Gasteiger partial charge on any atom is -0.226 e. The lowest BCUT2D eigenvalue weighted by Gasteiger charge is -2.05. The van der Waals surface area contributed by atoms with Crippen LogP contribution in [0.5, 0.6) is 0 Å². The van der Waals surface area contributed by atoms with E-state index in [1.165, 1.54) is 0 Å². The van der Waals surface area contributed by atoms with Crippen LogP contribution in [0.4, 0.5) is 0 Å². The zero-order valence-corrected chi connectivity index (χ0v) is 13.6. The van der Waals surface area contributed by atoms with Gasteiger partial charge < -0.3 is 0 Å². The van der Waals surface area contributed by atoms with E-state index in [1.807, 2.05) is 12.1 Å². The van der Waals surface area contributed by atoms with Crippen LogP contribution in [0.2, 0.25) is 0 Å². The van der Waals surface area contributed by atoms with Gasteiger partial charge in [-0.25, -0.2) is 20.2 Å². The van der Waals surface area contributed by atoms with E-state index in [4.69, 9.17) is 23.7 Å². The summed E-state index contributed by atoms with van der Waals surface area (Å²) < 4.78 is 1.56. The second-order valence-electron chi connectivity index (χ2n) is 4.09. The maximum atomic E-state index is 9.09. The predicted molar refractivity (Wildman–Crippen MR) is 84.7 cm³/mol. The maximum absolute atomic E-state index is 9.09. The molecule has 0 atom stereocenters. The van der Waals surface area contributed by atoms with Crippen molar-refractivity contribution in [2.24, 2.45) is 0 Å². The molecule has 0 spiro atoms. The molecule has 0 saturated heterocycles. The lowest BCUT2D eigenvalue weighted by Crippen LogP contribution is -1.85. The van der Waals surface area contributed by atoms with Crippen molar-refractivity contribution in [3.63, 3.8) is 0 Å². The quantitative estimate of drug-likeness (QED) is 0.459. The molecule has 0 heterocycles. The van der Waals surface area contributed by atoms with Gasteiger partial charge in [0.25, 0.3) is 11.4 Å². The Bertz CT molecular complexity index is 775. The Morgan fingerprint density at radius 2 is 1.33 bits per heavy atom. The minimum absolute atomic E-state index is 0.0113. The summed E-state index contributed by atoms with van der Waals surface area (Å²) in [5, 5.41) is 18.2. The lowest BCUT2D eigenvalue weighted by molar-refractivity contribution is 1.42. The summed E-state index contributed by atoms with van der Waals surface area (Å²) in [6.07, 6.45) is 0.245. The van der Waals surface area contributed by atoms with Crippen LogP contribution in [-0.4, -0.2) is 0 Å². The average molecular weight is 400 g/mol. The van der Waals surface area contributed by atoms with Gasteiger partial charge in [0.05, 0.1) is 25.3 Å². The molecule has 0 aliphatic heterocycles. The predicted octanol–water partition coefficient (Wildman–Crippen LogP) is 4.92. The molecule has 0 unspecified atom stereocenters. The van der Waals surface area contributed by atoms with Crippen LogP contribution in [0.25, 0.3) is 20.8 Å². The normalized spacial score (nSPS) is 16.9. The van der Waals surface area contributed by atoms with E-state index in [9.17, 15) is 0 Å². The van der Waals surface area contributed by atoms with E-state index in [0.717, 1.165) is 8.95 Å². The van der Waals surface area contributed by atoms with Gasteiger partial charge in [-0.2, -0.15) is 0 Å². The summed E-state index contributed by atoms with van der Waals surface area (Å²) in [5.74, 6) is 0. The van der Waals surface area contributed by atoms with Crippen LogP contribution in [0.1, 0.15) is 17.5 Å². The van der Waals surface area contributed by atoms with Crippen molar-refractivity contribution in [1.29, 1.82) is 10.5 Å². The van der Waals surface area contributed by atoms with Gasteiger partial charge in [-0.05, 0) is 72.7 Å².